The van der Waals surface area contributed by atoms with Crippen LogP contribution in [-0.2, 0) is 12.8 Å². The van der Waals surface area contributed by atoms with Crippen LogP contribution in [0.15, 0.2) is 24.3 Å². The van der Waals surface area contributed by atoms with Gasteiger partial charge in [0.1, 0.15) is 0 Å². The van der Waals surface area contributed by atoms with Crippen LogP contribution in [-0.4, -0.2) is 0 Å². The van der Waals surface area contributed by atoms with E-state index >= 15 is 0 Å². The lowest BCUT2D eigenvalue weighted by Gasteiger charge is -2.03. The second kappa shape index (κ2) is 3.59. The quantitative estimate of drug-likeness (QED) is 0.710. The highest BCUT2D eigenvalue weighted by Gasteiger charge is 2.37. The maximum Gasteiger partial charge on any atom is 0.0377 e. The van der Waals surface area contributed by atoms with E-state index in [1.165, 1.54) is 34.9 Å². The fraction of sp³-hybridized carbons (Fsp3) is 0.467. The molecule has 1 aliphatic carbocycles. The maximum absolute atomic E-state index is 2.41. The monoisotopic (exact) mass is 230 g/mol. The van der Waals surface area contributed by atoms with Gasteiger partial charge in [0.25, 0.3) is 0 Å². The van der Waals surface area contributed by atoms with Gasteiger partial charge in [0.15, 0.2) is 0 Å². The van der Waals surface area contributed by atoms with Crippen molar-refractivity contribution in [1.29, 1.82) is 0 Å². The fourth-order valence-electron chi connectivity index (χ4n) is 2.35. The van der Waals surface area contributed by atoms with E-state index in [0.29, 0.717) is 5.41 Å². The second-order valence-corrected chi connectivity index (χ2v) is 6.53. The summed E-state index contributed by atoms with van der Waals surface area (Å²) >= 11 is 2.02. The minimum absolute atomic E-state index is 0.632. The summed E-state index contributed by atoms with van der Waals surface area (Å²) in [5.41, 5.74) is 2.14. The van der Waals surface area contributed by atoms with Crippen LogP contribution in [0.4, 0.5) is 0 Å². The largest absolute Gasteiger partial charge is 0.140 e. The van der Waals surface area contributed by atoms with E-state index in [1.54, 1.807) is 4.88 Å². The zero-order chi connectivity index (χ0) is 11.2. The van der Waals surface area contributed by atoms with Crippen LogP contribution < -0.4 is 0 Å². The van der Waals surface area contributed by atoms with Crippen LogP contribution >= 0.6 is 11.3 Å². The van der Waals surface area contributed by atoms with Gasteiger partial charge in [-0.3, -0.25) is 0 Å². The van der Waals surface area contributed by atoms with Crippen molar-refractivity contribution in [2.75, 3.05) is 0 Å². The lowest BCUT2D eigenvalue weighted by atomic mass is 10.0. The van der Waals surface area contributed by atoms with Gasteiger partial charge in [0.2, 0.25) is 0 Å². The zero-order valence-corrected chi connectivity index (χ0v) is 10.9. The van der Waals surface area contributed by atoms with Crippen LogP contribution in [0.5, 0.6) is 0 Å². The smallest absolute Gasteiger partial charge is 0.0377 e. The fourth-order valence-corrected chi connectivity index (χ4v) is 3.81. The van der Waals surface area contributed by atoms with Crippen molar-refractivity contribution in [3.63, 3.8) is 0 Å². The van der Waals surface area contributed by atoms with E-state index in [2.05, 4.69) is 38.1 Å². The summed E-state index contributed by atoms with van der Waals surface area (Å²) in [6.45, 7) is 4.66. The Hall–Kier alpha value is -0.820. The zero-order valence-electron chi connectivity index (χ0n) is 10.0. The molecule has 0 atom stereocenters. The Balaban J connectivity index is 2.01. The minimum atomic E-state index is 0.632. The average Bonchev–Trinajstić information content (AvgIpc) is 2.85. The SMILES string of the molecule is CCc1cccc2cc(CC3(C)CC3)sc12. The first-order valence-corrected chi connectivity index (χ1v) is 7.02. The van der Waals surface area contributed by atoms with Crippen LogP contribution in [0.1, 0.15) is 37.1 Å². The lowest BCUT2D eigenvalue weighted by molar-refractivity contribution is 0.576. The summed E-state index contributed by atoms with van der Waals surface area (Å²) in [6, 6.07) is 9.12. The van der Waals surface area contributed by atoms with Gasteiger partial charge in [-0.2, -0.15) is 0 Å². The van der Waals surface area contributed by atoms with Gasteiger partial charge in [-0.25, -0.2) is 0 Å². The molecule has 2 aromatic rings. The summed E-state index contributed by atoms with van der Waals surface area (Å²) in [7, 11) is 0. The van der Waals surface area contributed by atoms with E-state index < -0.39 is 0 Å². The first kappa shape index (κ1) is 10.3. The topological polar surface area (TPSA) is 0 Å². The third-order valence-electron chi connectivity index (χ3n) is 3.76. The van der Waals surface area contributed by atoms with Crippen LogP contribution in [0.2, 0.25) is 0 Å². The third kappa shape index (κ3) is 1.78. The number of fused-ring (bicyclic) bond motifs is 1. The number of hydrogen-bond donors (Lipinski definition) is 0. The van der Waals surface area contributed by atoms with Gasteiger partial charge in [0, 0.05) is 9.58 Å². The Labute approximate surface area is 101 Å². The van der Waals surface area contributed by atoms with Crippen LogP contribution in [0, 0.1) is 5.41 Å². The molecule has 0 amide bonds. The molecule has 0 aliphatic heterocycles. The summed E-state index contributed by atoms with van der Waals surface area (Å²) in [4.78, 5) is 1.58. The Morgan fingerprint density at radius 3 is 2.81 bits per heavy atom. The maximum atomic E-state index is 2.41. The molecule has 0 unspecified atom stereocenters. The number of thiophene rings is 1. The summed E-state index contributed by atoms with van der Waals surface area (Å²) in [5, 5.41) is 1.45. The van der Waals surface area contributed by atoms with Crippen molar-refractivity contribution < 1.29 is 0 Å². The summed E-state index contributed by atoms with van der Waals surface area (Å²) in [6.07, 6.45) is 5.27. The number of benzene rings is 1. The minimum Gasteiger partial charge on any atom is -0.140 e. The van der Waals surface area contributed by atoms with E-state index in [1.807, 2.05) is 11.3 Å². The molecule has 0 radical (unpaired) electrons. The van der Waals surface area contributed by atoms with Gasteiger partial charge >= 0.3 is 0 Å². The second-order valence-electron chi connectivity index (χ2n) is 5.39. The van der Waals surface area contributed by atoms with E-state index in [-0.39, 0.29) is 0 Å². The average molecular weight is 230 g/mol. The molecule has 1 fully saturated rings. The molecule has 0 saturated heterocycles. The number of hydrogen-bond acceptors (Lipinski definition) is 1. The van der Waals surface area contributed by atoms with Crippen molar-refractivity contribution in [1.82, 2.24) is 0 Å². The standard InChI is InChI=1S/C15H18S/c1-3-11-5-4-6-12-9-13(16-14(11)12)10-15(2)7-8-15/h4-6,9H,3,7-8,10H2,1-2H3. The predicted octanol–water partition coefficient (Wildman–Crippen LogP) is 4.81. The molecule has 0 bridgehead atoms. The van der Waals surface area contributed by atoms with Crippen molar-refractivity contribution in [2.24, 2.45) is 5.41 Å². The van der Waals surface area contributed by atoms with Gasteiger partial charge in [-0.05, 0) is 48.1 Å². The molecular formula is C15H18S. The highest BCUT2D eigenvalue weighted by Crippen LogP contribution is 2.49. The molecule has 3 rings (SSSR count). The van der Waals surface area contributed by atoms with Gasteiger partial charge in [0.05, 0.1) is 0 Å². The molecule has 84 valence electrons. The van der Waals surface area contributed by atoms with Gasteiger partial charge in [-0.1, -0.05) is 32.0 Å². The predicted molar refractivity (Wildman–Crippen MR) is 72.2 cm³/mol. The number of aryl methyl sites for hydroxylation is 1. The first-order chi connectivity index (χ1) is 7.70. The molecular weight excluding hydrogens is 212 g/mol. The van der Waals surface area contributed by atoms with E-state index in [0.717, 1.165) is 6.42 Å². The Morgan fingerprint density at radius 1 is 1.31 bits per heavy atom. The van der Waals surface area contributed by atoms with E-state index in [4.69, 9.17) is 0 Å². The van der Waals surface area contributed by atoms with Crippen molar-refractivity contribution in [3.8, 4) is 0 Å². The lowest BCUT2D eigenvalue weighted by Crippen LogP contribution is -1.95. The third-order valence-corrected chi connectivity index (χ3v) is 4.99. The molecule has 1 aliphatic rings. The molecule has 16 heavy (non-hydrogen) atoms. The molecule has 0 spiro atoms. The van der Waals surface area contributed by atoms with Crippen molar-refractivity contribution in [3.05, 3.63) is 34.7 Å². The molecule has 1 heterocycles. The van der Waals surface area contributed by atoms with Crippen molar-refractivity contribution in [2.45, 2.75) is 39.5 Å². The van der Waals surface area contributed by atoms with Gasteiger partial charge in [-0.15, -0.1) is 11.3 Å². The van der Waals surface area contributed by atoms with Gasteiger partial charge < -0.3 is 0 Å². The Kier molecular flexibility index (Phi) is 2.32. The van der Waals surface area contributed by atoms with Crippen molar-refractivity contribution >= 4 is 21.4 Å². The molecule has 1 heteroatoms. The normalized spacial score (nSPS) is 17.9. The molecule has 0 nitrogen and oxygen atoms in total. The summed E-state index contributed by atoms with van der Waals surface area (Å²) < 4.78 is 1.52. The number of rotatable bonds is 3. The highest BCUT2D eigenvalue weighted by atomic mass is 32.1. The Bertz CT molecular complexity index is 517. The Morgan fingerprint density at radius 2 is 2.12 bits per heavy atom. The molecule has 0 N–H and O–H groups in total. The molecule has 1 aromatic carbocycles. The van der Waals surface area contributed by atoms with Crippen LogP contribution in [0.25, 0.3) is 10.1 Å². The van der Waals surface area contributed by atoms with Crippen LogP contribution in [0.3, 0.4) is 0 Å². The van der Waals surface area contributed by atoms with E-state index in [9.17, 15) is 0 Å². The summed E-state index contributed by atoms with van der Waals surface area (Å²) in [5.74, 6) is 0. The highest BCUT2D eigenvalue weighted by molar-refractivity contribution is 7.19. The molecule has 1 aromatic heterocycles. The first-order valence-electron chi connectivity index (χ1n) is 6.20. The molecule has 1 saturated carbocycles.